The Morgan fingerprint density at radius 3 is 2.59 bits per heavy atom. The van der Waals surface area contributed by atoms with E-state index in [1.54, 1.807) is 26.0 Å². The van der Waals surface area contributed by atoms with Gasteiger partial charge in [-0.3, -0.25) is 0 Å². The van der Waals surface area contributed by atoms with Gasteiger partial charge in [0.2, 0.25) is 10.0 Å². The van der Waals surface area contributed by atoms with Crippen molar-refractivity contribution < 1.29 is 18.3 Å². The molecule has 1 aromatic carbocycles. The Morgan fingerprint density at radius 2 is 2.06 bits per heavy atom. The second-order valence-corrected chi connectivity index (χ2v) is 6.24. The summed E-state index contributed by atoms with van der Waals surface area (Å²) >= 11 is 0. The zero-order valence-electron chi connectivity index (χ0n) is 9.67. The van der Waals surface area contributed by atoms with Gasteiger partial charge in [0, 0.05) is 6.54 Å². The Hall–Kier alpha value is -1.40. The van der Waals surface area contributed by atoms with Crippen LogP contribution in [0, 0.1) is 0 Å². The highest BCUT2D eigenvalue weighted by Gasteiger charge is 2.15. The summed E-state index contributed by atoms with van der Waals surface area (Å²) in [6.45, 7) is 3.26. The van der Waals surface area contributed by atoms with Crippen LogP contribution < -0.4 is 4.72 Å². The van der Waals surface area contributed by atoms with E-state index >= 15 is 0 Å². The minimum Gasteiger partial charge on any atom is -0.478 e. The van der Waals surface area contributed by atoms with E-state index in [2.05, 4.69) is 4.72 Å². The third-order valence-corrected chi connectivity index (χ3v) is 4.06. The van der Waals surface area contributed by atoms with Gasteiger partial charge in [0.1, 0.15) is 0 Å². The maximum absolute atomic E-state index is 11.5. The van der Waals surface area contributed by atoms with Crippen molar-refractivity contribution in [1.29, 1.82) is 0 Å². The van der Waals surface area contributed by atoms with E-state index in [0.717, 1.165) is 0 Å². The number of carboxylic acids is 1. The van der Waals surface area contributed by atoms with Crippen LogP contribution in [0.5, 0.6) is 0 Å². The van der Waals surface area contributed by atoms with E-state index < -0.39 is 21.2 Å². The predicted molar refractivity (Wildman–Crippen MR) is 64.3 cm³/mol. The molecule has 0 aliphatic heterocycles. The van der Waals surface area contributed by atoms with Gasteiger partial charge in [0.25, 0.3) is 0 Å². The standard InChI is InChI=1S/C11H15NO4S/c1-8(2)17(15,16)12-7-9-4-3-5-10(6-9)11(13)14/h3-6,8,12H,7H2,1-2H3,(H,13,14). The van der Waals surface area contributed by atoms with Crippen LogP contribution in [0.25, 0.3) is 0 Å². The van der Waals surface area contributed by atoms with E-state index in [9.17, 15) is 13.2 Å². The first-order chi connectivity index (χ1) is 7.83. The topological polar surface area (TPSA) is 83.5 Å². The number of hydrogen-bond acceptors (Lipinski definition) is 3. The summed E-state index contributed by atoms with van der Waals surface area (Å²) in [5, 5.41) is 8.28. The highest BCUT2D eigenvalue weighted by atomic mass is 32.2. The lowest BCUT2D eigenvalue weighted by Gasteiger charge is -2.09. The molecule has 0 radical (unpaired) electrons. The number of rotatable bonds is 5. The molecule has 0 heterocycles. The predicted octanol–water partition coefficient (Wildman–Crippen LogP) is 1.21. The van der Waals surface area contributed by atoms with Crippen molar-refractivity contribution in [2.75, 3.05) is 0 Å². The summed E-state index contributed by atoms with van der Waals surface area (Å²) in [4.78, 5) is 10.7. The monoisotopic (exact) mass is 257 g/mol. The van der Waals surface area contributed by atoms with Crippen molar-refractivity contribution in [3.63, 3.8) is 0 Å². The van der Waals surface area contributed by atoms with Crippen LogP contribution in [-0.4, -0.2) is 24.7 Å². The normalized spacial score (nSPS) is 11.7. The van der Waals surface area contributed by atoms with Gasteiger partial charge in [0.15, 0.2) is 0 Å². The largest absolute Gasteiger partial charge is 0.478 e. The summed E-state index contributed by atoms with van der Waals surface area (Å²) in [6.07, 6.45) is 0. The molecule has 0 aromatic heterocycles. The second kappa shape index (κ2) is 5.29. The highest BCUT2D eigenvalue weighted by molar-refractivity contribution is 7.90. The molecule has 0 fully saturated rings. The first-order valence-electron chi connectivity index (χ1n) is 5.13. The Kier molecular flexibility index (Phi) is 4.25. The summed E-state index contributed by atoms with van der Waals surface area (Å²) in [5.74, 6) is -1.03. The molecular weight excluding hydrogens is 242 g/mol. The van der Waals surface area contributed by atoms with Crippen molar-refractivity contribution >= 4 is 16.0 Å². The molecule has 0 saturated carbocycles. The first kappa shape index (κ1) is 13.7. The summed E-state index contributed by atoms with van der Waals surface area (Å²) < 4.78 is 25.4. The number of sulfonamides is 1. The zero-order valence-corrected chi connectivity index (χ0v) is 10.5. The van der Waals surface area contributed by atoms with Crippen LogP contribution in [-0.2, 0) is 16.6 Å². The molecule has 0 aliphatic carbocycles. The molecule has 94 valence electrons. The fourth-order valence-corrected chi connectivity index (χ4v) is 1.87. The molecule has 0 aliphatic rings. The van der Waals surface area contributed by atoms with Crippen LogP contribution >= 0.6 is 0 Å². The van der Waals surface area contributed by atoms with Crippen LogP contribution in [0.2, 0.25) is 0 Å². The number of benzene rings is 1. The van der Waals surface area contributed by atoms with E-state index in [0.29, 0.717) is 5.56 Å². The lowest BCUT2D eigenvalue weighted by atomic mass is 10.1. The summed E-state index contributed by atoms with van der Waals surface area (Å²) in [7, 11) is -3.33. The smallest absolute Gasteiger partial charge is 0.335 e. The molecule has 1 rings (SSSR count). The van der Waals surface area contributed by atoms with Gasteiger partial charge in [-0.1, -0.05) is 12.1 Å². The van der Waals surface area contributed by atoms with Crippen molar-refractivity contribution in [3.8, 4) is 0 Å². The maximum atomic E-state index is 11.5. The third-order valence-electron chi connectivity index (χ3n) is 2.27. The van der Waals surface area contributed by atoms with Crippen LogP contribution in [0.4, 0.5) is 0 Å². The highest BCUT2D eigenvalue weighted by Crippen LogP contribution is 2.06. The molecule has 0 unspecified atom stereocenters. The molecule has 1 aromatic rings. The number of carbonyl (C=O) groups is 1. The molecule has 0 bridgehead atoms. The average Bonchev–Trinajstić information content (AvgIpc) is 2.26. The molecule has 0 spiro atoms. The van der Waals surface area contributed by atoms with Gasteiger partial charge in [-0.2, -0.15) is 0 Å². The molecule has 5 nitrogen and oxygen atoms in total. The van der Waals surface area contributed by atoms with E-state index in [4.69, 9.17) is 5.11 Å². The van der Waals surface area contributed by atoms with E-state index in [1.807, 2.05) is 0 Å². The zero-order chi connectivity index (χ0) is 13.1. The van der Waals surface area contributed by atoms with Gasteiger partial charge >= 0.3 is 5.97 Å². The summed E-state index contributed by atoms with van der Waals surface area (Å²) in [5.41, 5.74) is 0.764. The van der Waals surface area contributed by atoms with Crippen molar-refractivity contribution in [2.45, 2.75) is 25.6 Å². The Bertz CT molecular complexity index is 508. The molecule has 0 amide bonds. The molecular formula is C11H15NO4S. The fraction of sp³-hybridized carbons (Fsp3) is 0.364. The van der Waals surface area contributed by atoms with Gasteiger partial charge in [-0.15, -0.1) is 0 Å². The summed E-state index contributed by atoms with van der Waals surface area (Å²) in [6, 6.07) is 6.17. The minimum absolute atomic E-state index is 0.0988. The van der Waals surface area contributed by atoms with Crippen LogP contribution in [0.15, 0.2) is 24.3 Å². The molecule has 0 saturated heterocycles. The Morgan fingerprint density at radius 1 is 1.41 bits per heavy atom. The molecule has 6 heteroatoms. The van der Waals surface area contributed by atoms with Crippen molar-refractivity contribution in [3.05, 3.63) is 35.4 Å². The third kappa shape index (κ3) is 3.83. The van der Waals surface area contributed by atoms with Crippen LogP contribution in [0.3, 0.4) is 0 Å². The lowest BCUT2D eigenvalue weighted by Crippen LogP contribution is -2.30. The minimum atomic E-state index is -3.33. The maximum Gasteiger partial charge on any atom is 0.335 e. The first-order valence-corrected chi connectivity index (χ1v) is 6.68. The Balaban J connectivity index is 2.77. The number of aromatic carboxylic acids is 1. The molecule has 17 heavy (non-hydrogen) atoms. The van der Waals surface area contributed by atoms with E-state index in [1.165, 1.54) is 12.1 Å². The van der Waals surface area contributed by atoms with Gasteiger partial charge in [-0.25, -0.2) is 17.9 Å². The fourth-order valence-electron chi connectivity index (χ4n) is 1.16. The Labute approximate surface area is 101 Å². The number of nitrogens with one attached hydrogen (secondary N) is 1. The van der Waals surface area contributed by atoms with Crippen molar-refractivity contribution in [1.82, 2.24) is 4.72 Å². The lowest BCUT2D eigenvalue weighted by molar-refractivity contribution is 0.0696. The number of carboxylic acid groups (broad SMARTS) is 1. The van der Waals surface area contributed by atoms with Gasteiger partial charge in [0.05, 0.1) is 10.8 Å². The average molecular weight is 257 g/mol. The van der Waals surface area contributed by atoms with Gasteiger partial charge in [-0.05, 0) is 31.5 Å². The van der Waals surface area contributed by atoms with Crippen LogP contribution in [0.1, 0.15) is 29.8 Å². The molecule has 2 N–H and O–H groups in total. The van der Waals surface area contributed by atoms with Gasteiger partial charge < -0.3 is 5.11 Å². The second-order valence-electron chi connectivity index (χ2n) is 3.92. The SMILES string of the molecule is CC(C)S(=O)(=O)NCc1cccc(C(=O)O)c1. The van der Waals surface area contributed by atoms with E-state index in [-0.39, 0.29) is 12.1 Å². The number of hydrogen-bond donors (Lipinski definition) is 2. The molecule has 0 atom stereocenters. The van der Waals surface area contributed by atoms with Crippen molar-refractivity contribution in [2.24, 2.45) is 0 Å². The quantitative estimate of drug-likeness (QED) is 0.830.